The number of benzene rings is 1. The van der Waals surface area contributed by atoms with Crippen molar-refractivity contribution in [3.05, 3.63) is 57.2 Å². The Morgan fingerprint density at radius 2 is 2.10 bits per heavy atom. The van der Waals surface area contributed by atoms with E-state index >= 15 is 0 Å². The lowest BCUT2D eigenvalue weighted by atomic mass is 10.1. The zero-order valence-electron chi connectivity index (χ0n) is 15.4. The topological polar surface area (TPSA) is 80.6 Å². The molecule has 0 radical (unpaired) electrons. The molecule has 2 aromatic rings. The highest BCUT2D eigenvalue weighted by atomic mass is 35.5. The second-order valence-corrected chi connectivity index (χ2v) is 9.05. The lowest BCUT2D eigenvalue weighted by Gasteiger charge is -2.11. The van der Waals surface area contributed by atoms with Crippen LogP contribution in [0.3, 0.4) is 0 Å². The molecule has 0 saturated heterocycles. The Balaban J connectivity index is 1.58. The summed E-state index contributed by atoms with van der Waals surface area (Å²) in [6, 6.07) is 7.16. The van der Waals surface area contributed by atoms with Crippen molar-refractivity contribution in [3.8, 4) is 0 Å². The van der Waals surface area contributed by atoms with Gasteiger partial charge in [-0.2, -0.15) is 0 Å². The minimum Gasteiger partial charge on any atom is -0.452 e. The fraction of sp³-hybridized carbons (Fsp3) is 0.263. The fourth-order valence-electron chi connectivity index (χ4n) is 2.41. The van der Waals surface area contributed by atoms with E-state index in [9.17, 15) is 9.59 Å². The number of thioether (sulfide) groups is 2. The van der Waals surface area contributed by atoms with Crippen LogP contribution in [0.4, 0.5) is 5.82 Å². The quantitative estimate of drug-likeness (QED) is 0.610. The van der Waals surface area contributed by atoms with Gasteiger partial charge >= 0.3 is 5.97 Å². The van der Waals surface area contributed by atoms with Crippen LogP contribution < -0.4 is 5.32 Å². The lowest BCUT2D eigenvalue weighted by molar-refractivity contribution is -0.119. The number of halogens is 2. The van der Waals surface area contributed by atoms with Gasteiger partial charge in [0.25, 0.3) is 5.91 Å². The molecule has 1 aliphatic heterocycles. The molecule has 0 fully saturated rings. The molecule has 0 unspecified atom stereocenters. The third-order valence-corrected chi connectivity index (χ3v) is 7.09. The van der Waals surface area contributed by atoms with Gasteiger partial charge < -0.3 is 10.1 Å². The summed E-state index contributed by atoms with van der Waals surface area (Å²) in [5.74, 6) is 0.656. The van der Waals surface area contributed by atoms with E-state index in [2.05, 4.69) is 15.3 Å². The average molecular weight is 470 g/mol. The number of carbonyl (C=O) groups excluding carboxylic acids is 2. The van der Waals surface area contributed by atoms with Gasteiger partial charge in [0.2, 0.25) is 0 Å². The van der Waals surface area contributed by atoms with Crippen molar-refractivity contribution < 1.29 is 14.3 Å². The first-order valence-corrected chi connectivity index (χ1v) is 11.3. The number of rotatable bonds is 6. The van der Waals surface area contributed by atoms with Gasteiger partial charge in [0.15, 0.2) is 12.4 Å². The zero-order chi connectivity index (χ0) is 20.8. The highest BCUT2D eigenvalue weighted by molar-refractivity contribution is 8.38. The first kappa shape index (κ1) is 22.0. The van der Waals surface area contributed by atoms with E-state index in [0.29, 0.717) is 21.9 Å². The number of pyridine rings is 1. The molecular weight excluding hydrogens is 453 g/mol. The van der Waals surface area contributed by atoms with E-state index in [4.69, 9.17) is 27.9 Å². The van der Waals surface area contributed by atoms with Crippen molar-refractivity contribution in [2.45, 2.75) is 12.7 Å². The number of esters is 1. The van der Waals surface area contributed by atoms with Crippen LogP contribution in [0, 0.1) is 6.92 Å². The Hall–Kier alpha value is -1.74. The van der Waals surface area contributed by atoms with E-state index in [-0.39, 0.29) is 10.8 Å². The standard InChI is InChI=1S/C19H17Cl2N3O3S2/c1-11-14(20)8-23-17(16(11)21)24-15(25)9-27-18(26)13-5-3-2-4-12(13)10-29-19-22-6-7-28-19/h2-5,8H,6-7,9-10H2,1H3,(H,23,24,25). The molecule has 1 amide bonds. The van der Waals surface area contributed by atoms with E-state index in [1.807, 2.05) is 12.1 Å². The van der Waals surface area contributed by atoms with Gasteiger partial charge in [-0.05, 0) is 24.1 Å². The van der Waals surface area contributed by atoms with E-state index in [1.165, 1.54) is 6.20 Å². The largest absolute Gasteiger partial charge is 0.452 e. The average Bonchev–Trinajstić information content (AvgIpc) is 3.25. The monoisotopic (exact) mass is 469 g/mol. The molecule has 1 aromatic heterocycles. The number of carbonyl (C=O) groups is 2. The predicted molar refractivity (Wildman–Crippen MR) is 120 cm³/mol. The van der Waals surface area contributed by atoms with Crippen LogP contribution in [0.5, 0.6) is 0 Å². The van der Waals surface area contributed by atoms with Gasteiger partial charge in [-0.3, -0.25) is 9.79 Å². The molecule has 1 N–H and O–H groups in total. The summed E-state index contributed by atoms with van der Waals surface area (Å²) in [5.41, 5.74) is 1.86. The van der Waals surface area contributed by atoms with Crippen LogP contribution in [0.25, 0.3) is 0 Å². The van der Waals surface area contributed by atoms with Gasteiger partial charge in [0, 0.05) is 17.7 Å². The maximum Gasteiger partial charge on any atom is 0.338 e. The molecule has 152 valence electrons. The summed E-state index contributed by atoms with van der Waals surface area (Å²) in [6.45, 7) is 2.09. The van der Waals surface area contributed by atoms with E-state index < -0.39 is 18.5 Å². The Bertz CT molecular complexity index is 970. The maximum absolute atomic E-state index is 12.5. The highest BCUT2D eigenvalue weighted by Crippen LogP contribution is 2.29. The summed E-state index contributed by atoms with van der Waals surface area (Å²) < 4.78 is 6.20. The van der Waals surface area contributed by atoms with Crippen molar-refractivity contribution >= 4 is 68.8 Å². The van der Waals surface area contributed by atoms with Crippen LogP contribution in [0.1, 0.15) is 21.5 Å². The van der Waals surface area contributed by atoms with Crippen LogP contribution >= 0.6 is 46.7 Å². The summed E-state index contributed by atoms with van der Waals surface area (Å²) in [7, 11) is 0. The molecular formula is C19H17Cl2N3O3S2. The first-order valence-electron chi connectivity index (χ1n) is 8.61. The van der Waals surface area contributed by atoms with Crippen molar-refractivity contribution in [1.29, 1.82) is 0 Å². The number of hydrogen-bond acceptors (Lipinski definition) is 7. The number of amides is 1. The predicted octanol–water partition coefficient (Wildman–Crippen LogP) is 4.83. The molecule has 1 aromatic carbocycles. The number of nitrogens with one attached hydrogen (secondary N) is 1. The van der Waals surface area contributed by atoms with Crippen LogP contribution in [-0.4, -0.2) is 40.1 Å². The Morgan fingerprint density at radius 1 is 1.31 bits per heavy atom. The highest BCUT2D eigenvalue weighted by Gasteiger charge is 2.17. The Morgan fingerprint density at radius 3 is 2.86 bits per heavy atom. The van der Waals surface area contributed by atoms with Gasteiger partial charge in [0.1, 0.15) is 4.38 Å². The number of aromatic nitrogens is 1. The van der Waals surface area contributed by atoms with Crippen molar-refractivity contribution in [2.24, 2.45) is 4.99 Å². The number of aliphatic imine (C=N–C) groups is 1. The number of nitrogens with zero attached hydrogens (tertiary/aromatic N) is 2. The van der Waals surface area contributed by atoms with Crippen molar-refractivity contribution in [3.63, 3.8) is 0 Å². The van der Waals surface area contributed by atoms with Crippen molar-refractivity contribution in [2.75, 3.05) is 24.2 Å². The minimum atomic E-state index is -0.566. The molecule has 6 nitrogen and oxygen atoms in total. The third kappa shape index (κ3) is 5.88. The number of anilines is 1. The molecule has 0 aliphatic carbocycles. The van der Waals surface area contributed by atoms with E-state index in [1.54, 1.807) is 42.6 Å². The normalized spacial score (nSPS) is 13.1. The second kappa shape index (κ2) is 10.3. The minimum absolute atomic E-state index is 0.168. The third-order valence-electron chi connectivity index (χ3n) is 3.94. The zero-order valence-corrected chi connectivity index (χ0v) is 18.6. The maximum atomic E-state index is 12.5. The second-order valence-electron chi connectivity index (χ2n) is 5.96. The van der Waals surface area contributed by atoms with Gasteiger partial charge in [-0.1, -0.05) is 64.9 Å². The molecule has 1 aliphatic rings. The fourth-order valence-corrected chi connectivity index (χ4v) is 4.81. The van der Waals surface area contributed by atoms with Gasteiger partial charge in [0.05, 0.1) is 22.2 Å². The summed E-state index contributed by atoms with van der Waals surface area (Å²) in [6.07, 6.45) is 1.39. The summed E-state index contributed by atoms with van der Waals surface area (Å²) in [4.78, 5) is 33.0. The molecule has 0 spiro atoms. The SMILES string of the molecule is Cc1c(Cl)cnc(NC(=O)COC(=O)c2ccccc2CSC2=NCCS2)c1Cl. The van der Waals surface area contributed by atoms with Crippen molar-refractivity contribution in [1.82, 2.24) is 4.98 Å². The van der Waals surface area contributed by atoms with E-state index in [0.717, 1.165) is 22.2 Å². The molecule has 2 heterocycles. The number of hydrogen-bond donors (Lipinski definition) is 1. The van der Waals surface area contributed by atoms with Gasteiger partial charge in [-0.15, -0.1) is 0 Å². The molecule has 0 bridgehead atoms. The Kier molecular flexibility index (Phi) is 7.83. The van der Waals surface area contributed by atoms with Crippen LogP contribution in [0.2, 0.25) is 10.0 Å². The van der Waals surface area contributed by atoms with Gasteiger partial charge in [-0.25, -0.2) is 9.78 Å². The molecule has 0 saturated carbocycles. The lowest BCUT2D eigenvalue weighted by Crippen LogP contribution is -2.22. The molecule has 29 heavy (non-hydrogen) atoms. The van der Waals surface area contributed by atoms with Crippen LogP contribution in [-0.2, 0) is 15.3 Å². The molecule has 3 rings (SSSR count). The molecule has 0 atom stereocenters. The smallest absolute Gasteiger partial charge is 0.338 e. The summed E-state index contributed by atoms with van der Waals surface area (Å²) in [5, 5.41) is 3.16. The molecule has 10 heteroatoms. The van der Waals surface area contributed by atoms with Crippen LogP contribution in [0.15, 0.2) is 35.5 Å². The first-order chi connectivity index (χ1) is 14.0. The summed E-state index contributed by atoms with van der Waals surface area (Å²) >= 11 is 15.4. The Labute approximate surface area is 186 Å². The number of ether oxygens (including phenoxy) is 1.